The van der Waals surface area contributed by atoms with Crippen molar-refractivity contribution < 1.29 is 4.79 Å². The summed E-state index contributed by atoms with van der Waals surface area (Å²) in [6.07, 6.45) is 1.32. The first-order valence-electron chi connectivity index (χ1n) is 8.90. The van der Waals surface area contributed by atoms with Crippen molar-refractivity contribution in [3.8, 4) is 0 Å². The molecule has 0 aliphatic rings. The molecule has 0 fully saturated rings. The molecule has 5 heteroatoms. The first-order valence-corrected chi connectivity index (χ1v) is 9.71. The number of para-hydroxylation sites is 1. The second-order valence-electron chi connectivity index (χ2n) is 6.78. The Balaban J connectivity index is 1.86. The van der Waals surface area contributed by atoms with Crippen LogP contribution in [0.1, 0.15) is 17.5 Å². The van der Waals surface area contributed by atoms with Crippen LogP contribution >= 0.6 is 11.3 Å². The van der Waals surface area contributed by atoms with Gasteiger partial charge in [-0.1, -0.05) is 53.8 Å². The molecule has 1 aromatic heterocycles. The fourth-order valence-corrected chi connectivity index (χ4v) is 4.01. The normalized spacial score (nSPS) is 11.2. The Morgan fingerprint density at radius 1 is 1.04 bits per heavy atom. The fraction of sp³-hybridized carbons (Fsp3) is 0.333. The average molecular weight is 368 g/mol. The zero-order valence-corrected chi connectivity index (χ0v) is 16.4. The molecule has 26 heavy (non-hydrogen) atoms. The predicted octanol–water partition coefficient (Wildman–Crippen LogP) is 4.13. The fourth-order valence-electron chi connectivity index (χ4n) is 2.93. The number of hydrogen-bond donors (Lipinski definition) is 0. The number of rotatable bonds is 7. The molecule has 0 saturated heterocycles. The monoisotopic (exact) mass is 367 g/mol. The van der Waals surface area contributed by atoms with Gasteiger partial charge in [0.1, 0.15) is 0 Å². The van der Waals surface area contributed by atoms with Crippen LogP contribution in [-0.2, 0) is 11.2 Å². The highest BCUT2D eigenvalue weighted by molar-refractivity contribution is 7.22. The van der Waals surface area contributed by atoms with Crippen LogP contribution < -0.4 is 4.90 Å². The van der Waals surface area contributed by atoms with Gasteiger partial charge in [-0.15, -0.1) is 0 Å². The number of benzene rings is 2. The van der Waals surface area contributed by atoms with Crippen molar-refractivity contribution in [1.29, 1.82) is 0 Å². The van der Waals surface area contributed by atoms with Crippen LogP contribution in [0, 0.1) is 6.92 Å². The maximum atomic E-state index is 13.0. The second-order valence-corrected chi connectivity index (χ2v) is 7.79. The zero-order valence-electron chi connectivity index (χ0n) is 15.6. The molecule has 4 nitrogen and oxygen atoms in total. The van der Waals surface area contributed by atoms with Gasteiger partial charge in [0, 0.05) is 6.54 Å². The van der Waals surface area contributed by atoms with E-state index in [4.69, 9.17) is 4.98 Å². The number of aryl methyl sites for hydroxylation is 1. The molecule has 1 amide bonds. The van der Waals surface area contributed by atoms with E-state index >= 15 is 0 Å². The van der Waals surface area contributed by atoms with Crippen molar-refractivity contribution in [3.05, 3.63) is 59.7 Å². The highest BCUT2D eigenvalue weighted by Gasteiger charge is 2.20. The molecule has 0 N–H and O–H groups in total. The lowest BCUT2D eigenvalue weighted by atomic mass is 10.1. The highest BCUT2D eigenvalue weighted by atomic mass is 32.1. The molecular weight excluding hydrogens is 342 g/mol. The van der Waals surface area contributed by atoms with Gasteiger partial charge in [-0.05, 0) is 51.2 Å². The third-order valence-electron chi connectivity index (χ3n) is 4.33. The van der Waals surface area contributed by atoms with Crippen LogP contribution in [-0.4, -0.2) is 43.0 Å². The Bertz CT molecular complexity index is 873. The van der Waals surface area contributed by atoms with E-state index in [0.29, 0.717) is 13.0 Å². The van der Waals surface area contributed by atoms with Crippen LogP contribution in [0.25, 0.3) is 10.2 Å². The minimum atomic E-state index is 0.103. The molecule has 0 aliphatic carbocycles. The quantitative estimate of drug-likeness (QED) is 0.630. The third kappa shape index (κ3) is 4.48. The minimum absolute atomic E-state index is 0.103. The van der Waals surface area contributed by atoms with E-state index in [1.165, 1.54) is 0 Å². The summed E-state index contributed by atoms with van der Waals surface area (Å²) in [4.78, 5) is 21.8. The number of anilines is 1. The maximum Gasteiger partial charge on any atom is 0.233 e. The number of hydrogen-bond acceptors (Lipinski definition) is 4. The standard InChI is InChI=1S/C21H25N3OS/c1-16-9-7-12-18-20(16)22-21(26-18)24(14-8-13-23(2)3)19(25)15-17-10-5-4-6-11-17/h4-7,9-12H,8,13-15H2,1-3H3. The topological polar surface area (TPSA) is 36.4 Å². The lowest BCUT2D eigenvalue weighted by Gasteiger charge is -2.21. The van der Waals surface area contributed by atoms with E-state index in [1.54, 1.807) is 11.3 Å². The molecule has 0 atom stereocenters. The van der Waals surface area contributed by atoms with Crippen molar-refractivity contribution in [3.63, 3.8) is 0 Å². The summed E-state index contributed by atoms with van der Waals surface area (Å²) < 4.78 is 1.13. The predicted molar refractivity (Wildman–Crippen MR) is 110 cm³/mol. The molecule has 0 saturated carbocycles. The highest BCUT2D eigenvalue weighted by Crippen LogP contribution is 2.31. The van der Waals surface area contributed by atoms with Crippen molar-refractivity contribution in [2.24, 2.45) is 0 Å². The number of nitrogens with zero attached hydrogens (tertiary/aromatic N) is 3. The number of carbonyl (C=O) groups excluding carboxylic acids is 1. The van der Waals surface area contributed by atoms with Gasteiger partial charge in [0.05, 0.1) is 16.6 Å². The van der Waals surface area contributed by atoms with Crippen LogP contribution in [0.5, 0.6) is 0 Å². The van der Waals surface area contributed by atoms with E-state index in [-0.39, 0.29) is 5.91 Å². The van der Waals surface area contributed by atoms with E-state index in [2.05, 4.69) is 38.1 Å². The molecule has 0 bridgehead atoms. The molecule has 0 radical (unpaired) electrons. The van der Waals surface area contributed by atoms with Gasteiger partial charge in [-0.25, -0.2) is 4.98 Å². The molecular formula is C21H25N3OS. The van der Waals surface area contributed by atoms with Crippen LogP contribution in [0.4, 0.5) is 5.13 Å². The maximum absolute atomic E-state index is 13.0. The molecule has 1 heterocycles. The van der Waals surface area contributed by atoms with Crippen molar-refractivity contribution in [2.45, 2.75) is 19.8 Å². The van der Waals surface area contributed by atoms with Crippen molar-refractivity contribution in [1.82, 2.24) is 9.88 Å². The summed E-state index contributed by atoms with van der Waals surface area (Å²) in [7, 11) is 4.11. The van der Waals surface area contributed by atoms with Crippen LogP contribution in [0.15, 0.2) is 48.5 Å². The molecule has 0 aliphatic heterocycles. The minimum Gasteiger partial charge on any atom is -0.309 e. The first-order chi connectivity index (χ1) is 12.5. The van der Waals surface area contributed by atoms with E-state index in [9.17, 15) is 4.79 Å². The summed E-state index contributed by atoms with van der Waals surface area (Å²) in [6, 6.07) is 16.1. The Hall–Kier alpha value is -2.24. The lowest BCUT2D eigenvalue weighted by Crippen LogP contribution is -2.34. The van der Waals surface area contributed by atoms with Crippen LogP contribution in [0.3, 0.4) is 0 Å². The van der Waals surface area contributed by atoms with E-state index in [1.807, 2.05) is 41.3 Å². The number of fused-ring (bicyclic) bond motifs is 1. The summed E-state index contributed by atoms with van der Waals surface area (Å²) >= 11 is 1.60. The first kappa shape index (κ1) is 18.5. The van der Waals surface area contributed by atoms with Crippen LogP contribution in [0.2, 0.25) is 0 Å². The van der Waals surface area contributed by atoms with Gasteiger partial charge < -0.3 is 4.90 Å². The molecule has 136 valence electrons. The number of thiazole rings is 1. The van der Waals surface area contributed by atoms with Gasteiger partial charge in [0.15, 0.2) is 5.13 Å². The lowest BCUT2D eigenvalue weighted by molar-refractivity contribution is -0.118. The Kier molecular flexibility index (Phi) is 6.01. The summed E-state index contributed by atoms with van der Waals surface area (Å²) in [5.41, 5.74) is 3.18. The zero-order chi connectivity index (χ0) is 18.5. The largest absolute Gasteiger partial charge is 0.309 e. The second kappa shape index (κ2) is 8.43. The Morgan fingerprint density at radius 3 is 2.50 bits per heavy atom. The van der Waals surface area contributed by atoms with Gasteiger partial charge in [0.25, 0.3) is 0 Å². The Morgan fingerprint density at radius 2 is 1.81 bits per heavy atom. The molecule has 3 rings (SSSR count). The molecule has 0 spiro atoms. The number of aromatic nitrogens is 1. The summed E-state index contributed by atoms with van der Waals surface area (Å²) in [5, 5.41) is 0.800. The van der Waals surface area contributed by atoms with Gasteiger partial charge in [-0.2, -0.15) is 0 Å². The molecule has 3 aromatic rings. The van der Waals surface area contributed by atoms with Gasteiger partial charge >= 0.3 is 0 Å². The van der Waals surface area contributed by atoms with E-state index < -0.39 is 0 Å². The molecule has 2 aromatic carbocycles. The smallest absolute Gasteiger partial charge is 0.233 e. The van der Waals surface area contributed by atoms with Gasteiger partial charge in [0.2, 0.25) is 5.91 Å². The number of carbonyl (C=O) groups is 1. The SMILES string of the molecule is Cc1cccc2sc(N(CCCN(C)C)C(=O)Cc3ccccc3)nc12. The third-order valence-corrected chi connectivity index (χ3v) is 5.37. The summed E-state index contributed by atoms with van der Waals surface area (Å²) in [5.74, 6) is 0.103. The molecule has 0 unspecified atom stereocenters. The average Bonchev–Trinajstić information content (AvgIpc) is 3.04. The summed E-state index contributed by atoms with van der Waals surface area (Å²) in [6.45, 7) is 3.69. The van der Waals surface area contributed by atoms with Gasteiger partial charge in [-0.3, -0.25) is 9.69 Å². The van der Waals surface area contributed by atoms with E-state index in [0.717, 1.165) is 39.4 Å². The van der Waals surface area contributed by atoms with Crippen molar-refractivity contribution in [2.75, 3.05) is 32.1 Å². The number of amides is 1. The van der Waals surface area contributed by atoms with Crippen molar-refractivity contribution >= 4 is 32.6 Å². The Labute approximate surface area is 159 Å².